The first kappa shape index (κ1) is 29.8. The van der Waals surface area contributed by atoms with Gasteiger partial charge in [-0.3, -0.25) is 0 Å². The van der Waals surface area contributed by atoms with Crippen molar-refractivity contribution in [3.63, 3.8) is 0 Å². The van der Waals surface area contributed by atoms with Crippen LogP contribution in [-0.2, 0) is 22.3 Å². The highest BCUT2D eigenvalue weighted by Gasteiger charge is 2.27. The van der Waals surface area contributed by atoms with E-state index in [0.717, 1.165) is 86.1 Å². The fourth-order valence-electron chi connectivity index (χ4n) is 5.15. The third-order valence-corrected chi connectivity index (χ3v) is 7.24. The number of carbonyl (C=O) groups excluding carboxylic acids is 2. The molecule has 2 aromatic carbocycles. The summed E-state index contributed by atoms with van der Waals surface area (Å²) in [5.41, 5.74) is 1.84. The number of unbranched alkanes of at least 4 members (excludes halogenated alkanes) is 10. The van der Waals surface area contributed by atoms with E-state index in [1.165, 1.54) is 38.5 Å². The van der Waals surface area contributed by atoms with Gasteiger partial charge in [0.25, 0.3) is 0 Å². The lowest BCUT2D eigenvalue weighted by Crippen LogP contribution is -2.17. The normalized spacial score (nSPS) is 12.7. The number of hydrogen-bond donors (Lipinski definition) is 0. The first-order chi connectivity index (χ1) is 18.7. The Hall–Kier alpha value is -2.76. The Morgan fingerprint density at radius 2 is 1.00 bits per heavy atom. The SMILES string of the molecule is CCCCCCCCOC(=O)Oc1c2c(c(OC(=O)OCCCCCCCC)c3ccccc13)CCCC2. The van der Waals surface area contributed by atoms with Crippen molar-refractivity contribution in [2.24, 2.45) is 0 Å². The van der Waals surface area contributed by atoms with Gasteiger partial charge in [-0.15, -0.1) is 0 Å². The molecule has 0 N–H and O–H groups in total. The molecule has 0 heterocycles. The van der Waals surface area contributed by atoms with Crippen LogP contribution < -0.4 is 9.47 Å². The molecule has 6 nitrogen and oxygen atoms in total. The standard InChI is InChI=1S/C32H46O6/c1-3-5-7-9-11-17-23-35-31(33)37-29-25-19-13-15-21-27(25)30(28-22-16-14-20-26(28)29)38-32(34)36-24-18-12-10-8-6-4-2/h13,15,19,21H,3-12,14,16-18,20,22-24H2,1-2H3. The van der Waals surface area contributed by atoms with E-state index in [2.05, 4.69) is 13.8 Å². The van der Waals surface area contributed by atoms with E-state index in [0.29, 0.717) is 24.7 Å². The molecule has 1 aliphatic rings. The van der Waals surface area contributed by atoms with Gasteiger partial charge >= 0.3 is 12.3 Å². The lowest BCUT2D eigenvalue weighted by molar-refractivity contribution is 0.0951. The molecule has 6 heteroatoms. The first-order valence-corrected chi connectivity index (χ1v) is 14.9. The van der Waals surface area contributed by atoms with E-state index in [-0.39, 0.29) is 0 Å². The highest BCUT2D eigenvalue weighted by atomic mass is 16.7. The van der Waals surface area contributed by atoms with Crippen LogP contribution >= 0.6 is 0 Å². The van der Waals surface area contributed by atoms with Gasteiger partial charge in [0, 0.05) is 21.9 Å². The number of hydrogen-bond acceptors (Lipinski definition) is 6. The molecule has 0 spiro atoms. The lowest BCUT2D eigenvalue weighted by atomic mass is 9.87. The molecule has 210 valence electrons. The summed E-state index contributed by atoms with van der Waals surface area (Å²) in [7, 11) is 0. The molecule has 0 aromatic heterocycles. The van der Waals surface area contributed by atoms with E-state index < -0.39 is 12.3 Å². The third kappa shape index (κ3) is 9.21. The van der Waals surface area contributed by atoms with Crippen LogP contribution in [-0.4, -0.2) is 25.5 Å². The molecule has 0 saturated carbocycles. The number of fused-ring (bicyclic) bond motifs is 2. The predicted octanol–water partition coefficient (Wildman–Crippen LogP) is 9.47. The Morgan fingerprint density at radius 1 is 0.605 bits per heavy atom. The fourth-order valence-corrected chi connectivity index (χ4v) is 5.15. The zero-order valence-corrected chi connectivity index (χ0v) is 23.5. The highest BCUT2D eigenvalue weighted by Crippen LogP contribution is 2.44. The van der Waals surface area contributed by atoms with Crippen molar-refractivity contribution >= 4 is 23.1 Å². The van der Waals surface area contributed by atoms with Crippen LogP contribution in [0.15, 0.2) is 24.3 Å². The van der Waals surface area contributed by atoms with Gasteiger partial charge in [0.15, 0.2) is 0 Å². The molecular weight excluding hydrogens is 480 g/mol. The molecule has 0 amide bonds. The number of rotatable bonds is 16. The summed E-state index contributed by atoms with van der Waals surface area (Å²) in [4.78, 5) is 25.2. The Labute approximate surface area is 228 Å². The molecule has 0 aliphatic heterocycles. The molecule has 1 aliphatic carbocycles. The van der Waals surface area contributed by atoms with Crippen molar-refractivity contribution in [2.75, 3.05) is 13.2 Å². The summed E-state index contributed by atoms with van der Waals surface area (Å²) < 4.78 is 22.4. The van der Waals surface area contributed by atoms with Gasteiger partial charge in [-0.2, -0.15) is 0 Å². The minimum Gasteiger partial charge on any atom is -0.434 e. The molecule has 0 saturated heterocycles. The monoisotopic (exact) mass is 526 g/mol. The summed E-state index contributed by atoms with van der Waals surface area (Å²) in [6, 6.07) is 7.59. The molecule has 3 rings (SSSR count). The van der Waals surface area contributed by atoms with Crippen molar-refractivity contribution in [2.45, 2.75) is 117 Å². The van der Waals surface area contributed by atoms with Gasteiger partial charge in [0.05, 0.1) is 13.2 Å². The second-order valence-electron chi connectivity index (χ2n) is 10.3. The second kappa shape index (κ2) is 17.0. The van der Waals surface area contributed by atoms with E-state index in [1.54, 1.807) is 0 Å². The van der Waals surface area contributed by atoms with Crippen molar-refractivity contribution in [3.8, 4) is 11.5 Å². The van der Waals surface area contributed by atoms with E-state index in [9.17, 15) is 9.59 Å². The number of benzene rings is 2. The van der Waals surface area contributed by atoms with Gasteiger partial charge in [-0.25, -0.2) is 9.59 Å². The summed E-state index contributed by atoms with van der Waals surface area (Å²) in [6.45, 7) is 5.11. The van der Waals surface area contributed by atoms with E-state index >= 15 is 0 Å². The summed E-state index contributed by atoms with van der Waals surface area (Å²) >= 11 is 0. The van der Waals surface area contributed by atoms with Gasteiger partial charge < -0.3 is 18.9 Å². The maximum absolute atomic E-state index is 12.6. The van der Waals surface area contributed by atoms with Crippen molar-refractivity contribution in [1.29, 1.82) is 0 Å². The minimum atomic E-state index is -0.677. The third-order valence-electron chi connectivity index (χ3n) is 7.24. The molecule has 38 heavy (non-hydrogen) atoms. The van der Waals surface area contributed by atoms with Crippen LogP contribution in [0.3, 0.4) is 0 Å². The quantitative estimate of drug-likeness (QED) is 0.123. The zero-order chi connectivity index (χ0) is 27.0. The minimum absolute atomic E-state index is 0.358. The van der Waals surface area contributed by atoms with Gasteiger partial charge in [-0.05, 0) is 38.5 Å². The highest BCUT2D eigenvalue weighted by molar-refractivity contribution is 5.98. The Bertz CT molecular complexity index is 934. The van der Waals surface area contributed by atoms with Crippen LogP contribution in [0.1, 0.15) is 115 Å². The Morgan fingerprint density at radius 3 is 1.42 bits per heavy atom. The second-order valence-corrected chi connectivity index (χ2v) is 10.3. The first-order valence-electron chi connectivity index (χ1n) is 14.9. The Kier molecular flexibility index (Phi) is 13.3. The van der Waals surface area contributed by atoms with Crippen molar-refractivity contribution in [1.82, 2.24) is 0 Å². The summed E-state index contributed by atoms with van der Waals surface area (Å²) in [5, 5.41) is 1.48. The molecule has 0 fully saturated rings. The molecule has 0 bridgehead atoms. The maximum atomic E-state index is 12.6. The average molecular weight is 527 g/mol. The molecular formula is C32H46O6. The van der Waals surface area contributed by atoms with E-state index in [1.807, 2.05) is 24.3 Å². The van der Waals surface area contributed by atoms with Crippen LogP contribution in [0.5, 0.6) is 11.5 Å². The van der Waals surface area contributed by atoms with Crippen LogP contribution in [0.25, 0.3) is 10.8 Å². The van der Waals surface area contributed by atoms with Crippen molar-refractivity contribution < 1.29 is 28.5 Å². The smallest absolute Gasteiger partial charge is 0.434 e. The van der Waals surface area contributed by atoms with Gasteiger partial charge in [0.2, 0.25) is 0 Å². The summed E-state index contributed by atoms with van der Waals surface area (Å²) in [5.74, 6) is 1.05. The topological polar surface area (TPSA) is 71.1 Å². The van der Waals surface area contributed by atoms with Crippen LogP contribution in [0, 0.1) is 0 Å². The molecule has 0 unspecified atom stereocenters. The zero-order valence-electron chi connectivity index (χ0n) is 23.5. The predicted molar refractivity (Wildman–Crippen MR) is 151 cm³/mol. The van der Waals surface area contributed by atoms with Crippen LogP contribution in [0.4, 0.5) is 9.59 Å². The molecule has 0 atom stereocenters. The fraction of sp³-hybridized carbons (Fsp3) is 0.625. The van der Waals surface area contributed by atoms with Crippen LogP contribution in [0.2, 0.25) is 0 Å². The number of ether oxygens (including phenoxy) is 4. The summed E-state index contributed by atoms with van der Waals surface area (Å²) in [6.07, 6.45) is 15.6. The average Bonchev–Trinajstić information content (AvgIpc) is 2.93. The lowest BCUT2D eigenvalue weighted by Gasteiger charge is -2.24. The van der Waals surface area contributed by atoms with Gasteiger partial charge in [0.1, 0.15) is 11.5 Å². The van der Waals surface area contributed by atoms with Gasteiger partial charge in [-0.1, -0.05) is 102 Å². The molecule has 0 radical (unpaired) electrons. The largest absolute Gasteiger partial charge is 0.513 e. The van der Waals surface area contributed by atoms with Crippen molar-refractivity contribution in [3.05, 3.63) is 35.4 Å². The molecule has 2 aromatic rings. The number of carbonyl (C=O) groups is 2. The Balaban J connectivity index is 1.66. The van der Waals surface area contributed by atoms with E-state index in [4.69, 9.17) is 18.9 Å². The maximum Gasteiger partial charge on any atom is 0.513 e.